The van der Waals surface area contributed by atoms with Crippen molar-refractivity contribution in [3.63, 3.8) is 0 Å². The Hall–Kier alpha value is -1.39. The molecule has 4 heteroatoms. The molecule has 0 aliphatic carbocycles. The summed E-state index contributed by atoms with van der Waals surface area (Å²) in [4.78, 5) is 12.9. The summed E-state index contributed by atoms with van der Waals surface area (Å²) < 4.78 is 5.34. The van der Waals surface area contributed by atoms with Crippen LogP contribution in [0, 0.1) is 0 Å². The van der Waals surface area contributed by atoms with Crippen LogP contribution in [-0.2, 0) is 22.4 Å². The topological polar surface area (TPSA) is 49.8 Å². The highest BCUT2D eigenvalue weighted by molar-refractivity contribution is 5.66. The van der Waals surface area contributed by atoms with E-state index in [9.17, 15) is 4.79 Å². The van der Waals surface area contributed by atoms with Gasteiger partial charge in [-0.2, -0.15) is 0 Å². The SMILES string of the molecule is O=C(O)CCCc1ccc(CCN2CCOCC2)cc1. The van der Waals surface area contributed by atoms with Gasteiger partial charge < -0.3 is 9.84 Å². The summed E-state index contributed by atoms with van der Waals surface area (Å²) in [5.74, 6) is -0.716. The van der Waals surface area contributed by atoms with E-state index in [0.29, 0.717) is 6.42 Å². The van der Waals surface area contributed by atoms with Crippen LogP contribution in [0.15, 0.2) is 24.3 Å². The van der Waals surface area contributed by atoms with Gasteiger partial charge in [0.05, 0.1) is 13.2 Å². The Morgan fingerprint density at radius 2 is 1.70 bits per heavy atom. The van der Waals surface area contributed by atoms with E-state index >= 15 is 0 Å². The lowest BCUT2D eigenvalue weighted by atomic mass is 10.0. The molecule has 0 radical (unpaired) electrons. The van der Waals surface area contributed by atoms with Crippen LogP contribution < -0.4 is 0 Å². The number of carboxylic acids is 1. The molecule has 1 aromatic carbocycles. The molecule has 0 aromatic heterocycles. The van der Waals surface area contributed by atoms with Crippen molar-refractivity contribution in [1.29, 1.82) is 0 Å². The fourth-order valence-electron chi connectivity index (χ4n) is 2.43. The number of hydrogen-bond donors (Lipinski definition) is 1. The fraction of sp³-hybridized carbons (Fsp3) is 0.562. The van der Waals surface area contributed by atoms with Gasteiger partial charge in [-0.05, 0) is 30.4 Å². The van der Waals surface area contributed by atoms with Crippen LogP contribution in [-0.4, -0.2) is 48.8 Å². The highest BCUT2D eigenvalue weighted by Gasteiger charge is 2.09. The maximum absolute atomic E-state index is 10.5. The Bertz CT molecular complexity index is 410. The van der Waals surface area contributed by atoms with Crippen molar-refractivity contribution in [2.75, 3.05) is 32.8 Å². The Balaban J connectivity index is 1.71. The van der Waals surface area contributed by atoms with Gasteiger partial charge in [0.25, 0.3) is 0 Å². The summed E-state index contributed by atoms with van der Waals surface area (Å²) in [6, 6.07) is 8.57. The molecule has 1 aliphatic rings. The van der Waals surface area contributed by atoms with Crippen LogP contribution >= 0.6 is 0 Å². The zero-order valence-corrected chi connectivity index (χ0v) is 11.9. The second-order valence-electron chi connectivity index (χ2n) is 5.27. The first-order valence-electron chi connectivity index (χ1n) is 7.34. The molecule has 0 amide bonds. The number of benzene rings is 1. The van der Waals surface area contributed by atoms with Gasteiger partial charge in [0, 0.05) is 26.1 Å². The molecule has 2 rings (SSSR count). The highest BCUT2D eigenvalue weighted by atomic mass is 16.5. The molecule has 0 bridgehead atoms. The van der Waals surface area contributed by atoms with E-state index < -0.39 is 5.97 Å². The van der Waals surface area contributed by atoms with E-state index in [0.717, 1.165) is 45.7 Å². The van der Waals surface area contributed by atoms with Crippen LogP contribution in [0.3, 0.4) is 0 Å². The first kappa shape index (κ1) is 15.0. The minimum Gasteiger partial charge on any atom is -0.481 e. The molecule has 20 heavy (non-hydrogen) atoms. The molecule has 1 heterocycles. The number of carboxylic acid groups (broad SMARTS) is 1. The zero-order chi connectivity index (χ0) is 14.2. The predicted molar refractivity (Wildman–Crippen MR) is 78.0 cm³/mol. The number of morpholine rings is 1. The van der Waals surface area contributed by atoms with Gasteiger partial charge in [-0.25, -0.2) is 0 Å². The smallest absolute Gasteiger partial charge is 0.303 e. The summed E-state index contributed by atoms with van der Waals surface area (Å²) in [5.41, 5.74) is 2.57. The van der Waals surface area contributed by atoms with Crippen LogP contribution in [0.1, 0.15) is 24.0 Å². The summed E-state index contributed by atoms with van der Waals surface area (Å²) in [5, 5.41) is 8.62. The quantitative estimate of drug-likeness (QED) is 0.828. The van der Waals surface area contributed by atoms with E-state index in [2.05, 4.69) is 29.2 Å². The fourth-order valence-corrected chi connectivity index (χ4v) is 2.43. The zero-order valence-electron chi connectivity index (χ0n) is 11.9. The van der Waals surface area contributed by atoms with Crippen molar-refractivity contribution in [3.8, 4) is 0 Å². The first-order chi connectivity index (χ1) is 9.74. The Morgan fingerprint density at radius 1 is 1.10 bits per heavy atom. The van der Waals surface area contributed by atoms with Crippen molar-refractivity contribution in [2.45, 2.75) is 25.7 Å². The minimum absolute atomic E-state index is 0.249. The number of hydrogen-bond acceptors (Lipinski definition) is 3. The second kappa shape index (κ2) is 8.02. The van der Waals surface area contributed by atoms with Gasteiger partial charge in [-0.1, -0.05) is 24.3 Å². The average Bonchev–Trinajstić information content (AvgIpc) is 2.47. The molecule has 0 saturated carbocycles. The number of nitrogens with zero attached hydrogens (tertiary/aromatic N) is 1. The van der Waals surface area contributed by atoms with Crippen LogP contribution in [0.5, 0.6) is 0 Å². The van der Waals surface area contributed by atoms with Gasteiger partial charge in [-0.3, -0.25) is 9.69 Å². The van der Waals surface area contributed by atoms with Gasteiger partial charge in [-0.15, -0.1) is 0 Å². The van der Waals surface area contributed by atoms with Crippen LogP contribution in [0.4, 0.5) is 0 Å². The maximum Gasteiger partial charge on any atom is 0.303 e. The number of aliphatic carboxylic acids is 1. The number of ether oxygens (including phenoxy) is 1. The third-order valence-corrected chi connectivity index (χ3v) is 3.70. The van der Waals surface area contributed by atoms with E-state index in [4.69, 9.17) is 9.84 Å². The number of rotatable bonds is 7. The van der Waals surface area contributed by atoms with Gasteiger partial charge >= 0.3 is 5.97 Å². The Labute approximate surface area is 120 Å². The molecule has 1 aromatic rings. The third kappa shape index (κ3) is 5.31. The minimum atomic E-state index is -0.716. The lowest BCUT2D eigenvalue weighted by Crippen LogP contribution is -2.37. The molecule has 1 aliphatic heterocycles. The first-order valence-corrected chi connectivity index (χ1v) is 7.34. The Kier molecular flexibility index (Phi) is 6.02. The molecule has 1 saturated heterocycles. The van der Waals surface area contributed by atoms with Gasteiger partial charge in [0.2, 0.25) is 0 Å². The van der Waals surface area contributed by atoms with E-state index in [1.807, 2.05) is 0 Å². The molecule has 110 valence electrons. The van der Waals surface area contributed by atoms with Gasteiger partial charge in [0.15, 0.2) is 0 Å². The lowest BCUT2D eigenvalue weighted by Gasteiger charge is -2.26. The Morgan fingerprint density at radius 3 is 2.30 bits per heavy atom. The predicted octanol–water partition coefficient (Wildman–Crippen LogP) is 1.97. The summed E-state index contributed by atoms with van der Waals surface area (Å²) in [6.07, 6.45) is 2.87. The third-order valence-electron chi connectivity index (χ3n) is 3.70. The average molecular weight is 277 g/mol. The second-order valence-corrected chi connectivity index (χ2v) is 5.27. The summed E-state index contributed by atoms with van der Waals surface area (Å²) >= 11 is 0. The lowest BCUT2D eigenvalue weighted by molar-refractivity contribution is -0.137. The molecular formula is C16H23NO3. The maximum atomic E-state index is 10.5. The molecule has 0 spiro atoms. The standard InChI is InChI=1S/C16H23NO3/c18-16(19)3-1-2-14-4-6-15(7-5-14)8-9-17-10-12-20-13-11-17/h4-7H,1-3,8-13H2,(H,18,19). The number of aryl methyl sites for hydroxylation is 1. The van der Waals surface area contributed by atoms with Gasteiger partial charge in [0.1, 0.15) is 0 Å². The van der Waals surface area contributed by atoms with E-state index in [1.54, 1.807) is 0 Å². The van der Waals surface area contributed by atoms with Crippen molar-refractivity contribution in [3.05, 3.63) is 35.4 Å². The van der Waals surface area contributed by atoms with Crippen molar-refractivity contribution < 1.29 is 14.6 Å². The van der Waals surface area contributed by atoms with E-state index in [-0.39, 0.29) is 6.42 Å². The number of carbonyl (C=O) groups is 1. The molecule has 4 nitrogen and oxygen atoms in total. The van der Waals surface area contributed by atoms with Crippen LogP contribution in [0.2, 0.25) is 0 Å². The van der Waals surface area contributed by atoms with E-state index in [1.165, 1.54) is 11.1 Å². The monoisotopic (exact) mass is 277 g/mol. The van der Waals surface area contributed by atoms with Crippen molar-refractivity contribution in [1.82, 2.24) is 4.90 Å². The highest BCUT2D eigenvalue weighted by Crippen LogP contribution is 2.09. The summed E-state index contributed by atoms with van der Waals surface area (Å²) in [7, 11) is 0. The summed E-state index contributed by atoms with van der Waals surface area (Å²) in [6.45, 7) is 4.85. The normalized spacial score (nSPS) is 16.2. The van der Waals surface area contributed by atoms with Crippen molar-refractivity contribution >= 4 is 5.97 Å². The van der Waals surface area contributed by atoms with Crippen molar-refractivity contribution in [2.24, 2.45) is 0 Å². The van der Waals surface area contributed by atoms with Crippen LogP contribution in [0.25, 0.3) is 0 Å². The molecular weight excluding hydrogens is 254 g/mol. The molecule has 0 atom stereocenters. The molecule has 1 N–H and O–H groups in total. The molecule has 0 unspecified atom stereocenters. The largest absolute Gasteiger partial charge is 0.481 e. The molecule has 1 fully saturated rings.